The zero-order valence-corrected chi connectivity index (χ0v) is 10.4. The SMILES string of the molecule is CC(=O)Nc1ccc(-c2ccsc2C(=O)[O-])cc1. The standard InChI is InChI=1S/C13H11NO3S/c1-8(15)14-10-4-2-9(3-5-10)11-6-7-18-12(11)13(16)17/h2-7H,1H3,(H,14,15)(H,16,17)/p-1. The van der Waals surface area contributed by atoms with E-state index in [9.17, 15) is 14.7 Å². The summed E-state index contributed by atoms with van der Waals surface area (Å²) in [4.78, 5) is 22.0. The van der Waals surface area contributed by atoms with Gasteiger partial charge in [0, 0.05) is 18.2 Å². The number of rotatable bonds is 3. The van der Waals surface area contributed by atoms with Crippen molar-refractivity contribution in [3.05, 3.63) is 40.6 Å². The molecule has 1 amide bonds. The molecule has 2 aromatic rings. The monoisotopic (exact) mass is 260 g/mol. The number of anilines is 1. The molecule has 0 aliphatic heterocycles. The van der Waals surface area contributed by atoms with Gasteiger partial charge in [0.2, 0.25) is 5.91 Å². The molecule has 0 atom stereocenters. The molecule has 5 heteroatoms. The quantitative estimate of drug-likeness (QED) is 0.913. The minimum Gasteiger partial charge on any atom is -0.544 e. The number of benzene rings is 1. The van der Waals surface area contributed by atoms with E-state index in [1.54, 1.807) is 35.7 Å². The van der Waals surface area contributed by atoms with Crippen molar-refractivity contribution in [3.63, 3.8) is 0 Å². The van der Waals surface area contributed by atoms with Crippen LogP contribution in [-0.2, 0) is 4.79 Å². The molecule has 1 heterocycles. The first kappa shape index (κ1) is 12.3. The third-order valence-electron chi connectivity index (χ3n) is 2.37. The highest BCUT2D eigenvalue weighted by Gasteiger charge is 2.07. The Bertz CT molecular complexity index is 587. The highest BCUT2D eigenvalue weighted by molar-refractivity contribution is 7.12. The highest BCUT2D eigenvalue weighted by Crippen LogP contribution is 2.28. The first-order valence-electron chi connectivity index (χ1n) is 5.25. The van der Waals surface area contributed by atoms with E-state index < -0.39 is 5.97 Å². The number of nitrogens with one attached hydrogen (secondary N) is 1. The molecule has 0 fully saturated rings. The Labute approximate surface area is 108 Å². The topological polar surface area (TPSA) is 69.2 Å². The summed E-state index contributed by atoms with van der Waals surface area (Å²) in [6.45, 7) is 1.43. The van der Waals surface area contributed by atoms with Crippen molar-refractivity contribution in [1.82, 2.24) is 0 Å². The Balaban J connectivity index is 2.31. The molecule has 1 N–H and O–H groups in total. The van der Waals surface area contributed by atoms with Crippen LogP contribution in [0.4, 0.5) is 5.69 Å². The van der Waals surface area contributed by atoms with Crippen molar-refractivity contribution in [2.24, 2.45) is 0 Å². The molecule has 92 valence electrons. The van der Waals surface area contributed by atoms with Crippen LogP contribution < -0.4 is 10.4 Å². The van der Waals surface area contributed by atoms with Gasteiger partial charge in [0.05, 0.1) is 10.8 Å². The third kappa shape index (κ3) is 2.57. The molecular weight excluding hydrogens is 250 g/mol. The van der Waals surface area contributed by atoms with Crippen LogP contribution in [0, 0.1) is 0 Å². The van der Waals surface area contributed by atoms with Crippen LogP contribution in [0.2, 0.25) is 0 Å². The van der Waals surface area contributed by atoms with E-state index in [1.165, 1.54) is 6.92 Å². The van der Waals surface area contributed by atoms with E-state index >= 15 is 0 Å². The Morgan fingerprint density at radius 3 is 2.39 bits per heavy atom. The summed E-state index contributed by atoms with van der Waals surface area (Å²) in [5.74, 6) is -1.32. The Morgan fingerprint density at radius 1 is 1.17 bits per heavy atom. The smallest absolute Gasteiger partial charge is 0.221 e. The van der Waals surface area contributed by atoms with E-state index in [1.807, 2.05) is 0 Å². The number of carboxylic acids is 1. The molecule has 0 radical (unpaired) electrons. The molecule has 0 bridgehead atoms. The molecule has 0 unspecified atom stereocenters. The number of aromatic carboxylic acids is 1. The van der Waals surface area contributed by atoms with Crippen molar-refractivity contribution in [2.45, 2.75) is 6.92 Å². The second kappa shape index (κ2) is 5.01. The molecule has 0 saturated carbocycles. The molecule has 0 aliphatic rings. The van der Waals surface area contributed by atoms with Crippen LogP contribution in [0.25, 0.3) is 11.1 Å². The number of carbonyl (C=O) groups excluding carboxylic acids is 2. The van der Waals surface area contributed by atoms with Gasteiger partial charge in [0.1, 0.15) is 0 Å². The van der Waals surface area contributed by atoms with Gasteiger partial charge in [-0.25, -0.2) is 0 Å². The van der Waals surface area contributed by atoms with Crippen LogP contribution >= 0.6 is 11.3 Å². The first-order chi connectivity index (χ1) is 8.58. The second-order valence-electron chi connectivity index (χ2n) is 3.71. The molecule has 0 aliphatic carbocycles. The number of hydrogen-bond acceptors (Lipinski definition) is 4. The fraction of sp³-hybridized carbons (Fsp3) is 0.0769. The van der Waals surface area contributed by atoms with Crippen molar-refractivity contribution >= 4 is 28.9 Å². The largest absolute Gasteiger partial charge is 0.544 e. The predicted octanol–water partition coefficient (Wildman–Crippen LogP) is 1.74. The van der Waals surface area contributed by atoms with Gasteiger partial charge < -0.3 is 15.2 Å². The fourth-order valence-corrected chi connectivity index (χ4v) is 2.38. The maximum Gasteiger partial charge on any atom is 0.221 e. The third-order valence-corrected chi connectivity index (χ3v) is 3.26. The summed E-state index contributed by atoms with van der Waals surface area (Å²) in [5.41, 5.74) is 2.09. The normalized spacial score (nSPS) is 10.1. The van der Waals surface area contributed by atoms with Crippen molar-refractivity contribution in [3.8, 4) is 11.1 Å². The second-order valence-corrected chi connectivity index (χ2v) is 4.63. The van der Waals surface area contributed by atoms with Gasteiger partial charge in [-0.3, -0.25) is 4.79 Å². The van der Waals surface area contributed by atoms with Gasteiger partial charge in [-0.2, -0.15) is 0 Å². The lowest BCUT2D eigenvalue weighted by Gasteiger charge is -2.06. The van der Waals surface area contributed by atoms with Gasteiger partial charge >= 0.3 is 0 Å². The summed E-state index contributed by atoms with van der Waals surface area (Å²) < 4.78 is 0. The summed E-state index contributed by atoms with van der Waals surface area (Å²) in [7, 11) is 0. The van der Waals surface area contributed by atoms with Gasteiger partial charge in [-0.05, 0) is 29.1 Å². The van der Waals surface area contributed by atoms with Gasteiger partial charge in [0.15, 0.2) is 0 Å². The maximum atomic E-state index is 10.9. The molecule has 0 spiro atoms. The lowest BCUT2D eigenvalue weighted by atomic mass is 10.1. The Morgan fingerprint density at radius 2 is 1.83 bits per heavy atom. The Hall–Kier alpha value is -2.14. The number of hydrogen-bond donors (Lipinski definition) is 1. The van der Waals surface area contributed by atoms with Crippen LogP contribution in [0.15, 0.2) is 35.7 Å². The van der Waals surface area contributed by atoms with Gasteiger partial charge in [-0.1, -0.05) is 12.1 Å². The van der Waals surface area contributed by atoms with E-state index in [0.29, 0.717) is 11.3 Å². The summed E-state index contributed by atoms with van der Waals surface area (Å²) in [5, 5.41) is 15.3. The average molecular weight is 260 g/mol. The van der Waals surface area contributed by atoms with Crippen molar-refractivity contribution in [2.75, 3.05) is 5.32 Å². The van der Waals surface area contributed by atoms with Crippen molar-refractivity contribution in [1.29, 1.82) is 0 Å². The maximum absolute atomic E-state index is 10.9. The summed E-state index contributed by atoms with van der Waals surface area (Å²) in [6, 6.07) is 8.73. The molecular formula is C13H10NO3S-. The van der Waals surface area contributed by atoms with Crippen LogP contribution in [0.3, 0.4) is 0 Å². The summed E-state index contributed by atoms with van der Waals surface area (Å²) >= 11 is 1.14. The van der Waals surface area contributed by atoms with Gasteiger partial charge in [0.25, 0.3) is 0 Å². The fourth-order valence-electron chi connectivity index (χ4n) is 1.63. The van der Waals surface area contributed by atoms with E-state index in [0.717, 1.165) is 16.9 Å². The average Bonchev–Trinajstić information content (AvgIpc) is 2.78. The van der Waals surface area contributed by atoms with Crippen LogP contribution in [0.1, 0.15) is 16.6 Å². The van der Waals surface area contributed by atoms with E-state index in [-0.39, 0.29) is 10.8 Å². The number of thiophene rings is 1. The lowest BCUT2D eigenvalue weighted by molar-refractivity contribution is -0.254. The molecule has 1 aromatic carbocycles. The van der Waals surface area contributed by atoms with Gasteiger partial charge in [-0.15, -0.1) is 11.3 Å². The highest BCUT2D eigenvalue weighted by atomic mass is 32.1. The zero-order chi connectivity index (χ0) is 13.1. The minimum atomic E-state index is -1.18. The van der Waals surface area contributed by atoms with Crippen LogP contribution in [-0.4, -0.2) is 11.9 Å². The minimum absolute atomic E-state index is 0.145. The molecule has 1 aromatic heterocycles. The Kier molecular flexibility index (Phi) is 3.43. The van der Waals surface area contributed by atoms with Crippen LogP contribution in [0.5, 0.6) is 0 Å². The lowest BCUT2D eigenvalue weighted by Crippen LogP contribution is -2.21. The predicted molar refractivity (Wildman–Crippen MR) is 68.4 cm³/mol. The summed E-state index contributed by atoms with van der Waals surface area (Å²) in [6.07, 6.45) is 0. The van der Waals surface area contributed by atoms with E-state index in [4.69, 9.17) is 0 Å². The molecule has 18 heavy (non-hydrogen) atoms. The number of carbonyl (C=O) groups is 2. The molecule has 0 saturated heterocycles. The zero-order valence-electron chi connectivity index (χ0n) is 9.60. The van der Waals surface area contributed by atoms with E-state index in [2.05, 4.69) is 5.32 Å². The number of amides is 1. The molecule has 4 nitrogen and oxygen atoms in total. The number of carboxylic acid groups (broad SMARTS) is 1. The van der Waals surface area contributed by atoms with Crippen molar-refractivity contribution < 1.29 is 14.7 Å². The molecule has 2 rings (SSSR count). The first-order valence-corrected chi connectivity index (χ1v) is 6.13.